The van der Waals surface area contributed by atoms with E-state index in [0.717, 1.165) is 49.7 Å². The predicted octanol–water partition coefficient (Wildman–Crippen LogP) is 2.66. The van der Waals surface area contributed by atoms with Crippen LogP contribution in [-0.4, -0.2) is 60.2 Å². The van der Waals surface area contributed by atoms with Crippen LogP contribution in [0.25, 0.3) is 0 Å². The lowest BCUT2D eigenvalue weighted by molar-refractivity contribution is -0.127. The highest BCUT2D eigenvalue weighted by atomic mass is 16.7. The quantitative estimate of drug-likeness (QED) is 0.720. The number of carbonyl (C=O) groups is 1. The van der Waals surface area contributed by atoms with Crippen molar-refractivity contribution < 1.29 is 14.3 Å². The molecule has 0 spiro atoms. The molecule has 2 saturated heterocycles. The second-order valence-electron chi connectivity index (χ2n) is 9.26. The van der Waals surface area contributed by atoms with Crippen molar-refractivity contribution in [2.24, 2.45) is 11.8 Å². The third kappa shape index (κ3) is 5.22. The number of nitrogens with one attached hydrogen (secondary N) is 1. The Bertz CT molecular complexity index is 917. The Kier molecular flexibility index (Phi) is 6.55. The zero-order valence-electron chi connectivity index (χ0n) is 18.5. The molecule has 0 bridgehead atoms. The van der Waals surface area contributed by atoms with Gasteiger partial charge in [-0.1, -0.05) is 6.07 Å². The Hall–Kier alpha value is -2.64. The molecule has 0 unspecified atom stereocenters. The van der Waals surface area contributed by atoms with Crippen molar-refractivity contribution in [3.63, 3.8) is 0 Å². The van der Waals surface area contributed by atoms with Gasteiger partial charge in [0.25, 0.3) is 0 Å². The average molecular weight is 437 g/mol. The van der Waals surface area contributed by atoms with E-state index in [4.69, 9.17) is 9.47 Å². The largest absolute Gasteiger partial charge is 0.454 e. The zero-order valence-corrected chi connectivity index (χ0v) is 18.5. The van der Waals surface area contributed by atoms with E-state index in [1.165, 1.54) is 31.5 Å². The van der Waals surface area contributed by atoms with Gasteiger partial charge in [-0.05, 0) is 73.7 Å². The van der Waals surface area contributed by atoms with Gasteiger partial charge in [0.1, 0.15) is 0 Å². The number of likely N-dealkylation sites (tertiary alicyclic amines) is 2. The molecule has 0 saturated carbocycles. The van der Waals surface area contributed by atoms with Crippen LogP contribution in [0.2, 0.25) is 0 Å². The SMILES string of the molecule is O=C(NCc1ccc2c(c1)OCO2)[C@@H]1C[C@H](CN2CCCC2)CN(Cc2ccncc2)C1. The molecule has 0 radical (unpaired) electrons. The second kappa shape index (κ2) is 9.88. The van der Waals surface area contributed by atoms with Gasteiger partial charge >= 0.3 is 0 Å². The van der Waals surface area contributed by atoms with E-state index >= 15 is 0 Å². The molecule has 4 heterocycles. The molecule has 2 aromatic rings. The van der Waals surface area contributed by atoms with Gasteiger partial charge in [0.05, 0.1) is 5.92 Å². The molecule has 3 aliphatic rings. The summed E-state index contributed by atoms with van der Waals surface area (Å²) in [6.07, 6.45) is 7.24. The van der Waals surface area contributed by atoms with Crippen molar-refractivity contribution in [3.05, 3.63) is 53.9 Å². The van der Waals surface area contributed by atoms with Crippen molar-refractivity contribution in [1.29, 1.82) is 0 Å². The first-order valence-corrected chi connectivity index (χ1v) is 11.7. The smallest absolute Gasteiger partial charge is 0.231 e. The summed E-state index contributed by atoms with van der Waals surface area (Å²) in [7, 11) is 0. The van der Waals surface area contributed by atoms with Crippen LogP contribution in [0.3, 0.4) is 0 Å². The molecule has 7 heteroatoms. The first-order valence-electron chi connectivity index (χ1n) is 11.7. The molecule has 2 atom stereocenters. The summed E-state index contributed by atoms with van der Waals surface area (Å²) >= 11 is 0. The molecule has 2 fully saturated rings. The maximum Gasteiger partial charge on any atom is 0.231 e. The summed E-state index contributed by atoms with van der Waals surface area (Å²) in [6.45, 7) is 6.97. The number of amides is 1. The Morgan fingerprint density at radius 1 is 1.00 bits per heavy atom. The molecule has 1 N–H and O–H groups in total. The van der Waals surface area contributed by atoms with Crippen LogP contribution in [0.15, 0.2) is 42.7 Å². The van der Waals surface area contributed by atoms with Crippen LogP contribution in [0, 0.1) is 11.8 Å². The van der Waals surface area contributed by atoms with Gasteiger partial charge < -0.3 is 19.7 Å². The number of ether oxygens (including phenoxy) is 2. The number of hydrogen-bond donors (Lipinski definition) is 1. The molecule has 7 nitrogen and oxygen atoms in total. The minimum Gasteiger partial charge on any atom is -0.454 e. The molecule has 1 aromatic heterocycles. The minimum atomic E-state index is 0.00667. The highest BCUT2D eigenvalue weighted by Gasteiger charge is 2.33. The fourth-order valence-corrected chi connectivity index (χ4v) is 5.22. The molecule has 0 aliphatic carbocycles. The highest BCUT2D eigenvalue weighted by Crippen LogP contribution is 2.32. The Morgan fingerprint density at radius 3 is 2.66 bits per heavy atom. The van der Waals surface area contributed by atoms with E-state index in [1.807, 2.05) is 30.6 Å². The molecular weight excluding hydrogens is 404 g/mol. The number of fused-ring (bicyclic) bond motifs is 1. The van der Waals surface area contributed by atoms with Crippen LogP contribution in [-0.2, 0) is 17.9 Å². The van der Waals surface area contributed by atoms with Crippen molar-refractivity contribution >= 4 is 5.91 Å². The number of nitrogens with zero attached hydrogens (tertiary/aromatic N) is 3. The first kappa shape index (κ1) is 21.2. The van der Waals surface area contributed by atoms with E-state index in [1.54, 1.807) is 0 Å². The standard InChI is InChI=1S/C25H32N4O3/c30-25(27-13-20-3-4-23-24(12-20)32-18-31-23)22-11-21(15-28-9-1-2-10-28)16-29(17-22)14-19-5-7-26-8-6-19/h3-8,12,21-22H,1-2,9-11,13-18H2,(H,27,30)/t21-,22-/m1/s1. The molecule has 170 valence electrons. The van der Waals surface area contributed by atoms with Crippen LogP contribution in [0.1, 0.15) is 30.4 Å². The first-order chi connectivity index (χ1) is 15.7. The summed E-state index contributed by atoms with van der Waals surface area (Å²) < 4.78 is 10.8. The molecule has 3 aliphatic heterocycles. The van der Waals surface area contributed by atoms with Gasteiger partial charge in [-0.2, -0.15) is 0 Å². The van der Waals surface area contributed by atoms with Gasteiger partial charge in [0, 0.05) is 45.1 Å². The average Bonchev–Trinajstić information content (AvgIpc) is 3.49. The molecule has 32 heavy (non-hydrogen) atoms. The minimum absolute atomic E-state index is 0.00667. The summed E-state index contributed by atoms with van der Waals surface area (Å²) in [6, 6.07) is 9.99. The van der Waals surface area contributed by atoms with Crippen LogP contribution in [0.5, 0.6) is 11.5 Å². The van der Waals surface area contributed by atoms with Crippen LogP contribution >= 0.6 is 0 Å². The summed E-state index contributed by atoms with van der Waals surface area (Å²) in [5, 5.41) is 3.17. The predicted molar refractivity (Wildman–Crippen MR) is 121 cm³/mol. The number of pyridine rings is 1. The number of rotatable bonds is 7. The van der Waals surface area contributed by atoms with E-state index in [-0.39, 0.29) is 18.6 Å². The number of carbonyl (C=O) groups excluding carboxylic acids is 1. The normalized spacial score (nSPS) is 23.4. The van der Waals surface area contributed by atoms with Gasteiger partial charge in [0.2, 0.25) is 12.7 Å². The summed E-state index contributed by atoms with van der Waals surface area (Å²) in [4.78, 5) is 22.3. The Labute approximate surface area is 189 Å². The maximum absolute atomic E-state index is 13.2. The topological polar surface area (TPSA) is 66.9 Å². The Morgan fingerprint density at radius 2 is 1.81 bits per heavy atom. The van der Waals surface area contributed by atoms with Crippen molar-refractivity contribution in [2.45, 2.75) is 32.4 Å². The number of hydrogen-bond acceptors (Lipinski definition) is 6. The Balaban J connectivity index is 1.22. The number of piperidine rings is 1. The highest BCUT2D eigenvalue weighted by molar-refractivity contribution is 5.79. The van der Waals surface area contributed by atoms with Crippen molar-refractivity contribution in [3.8, 4) is 11.5 Å². The van der Waals surface area contributed by atoms with E-state index < -0.39 is 0 Å². The van der Waals surface area contributed by atoms with Gasteiger partial charge in [-0.25, -0.2) is 0 Å². The molecule has 5 rings (SSSR count). The monoisotopic (exact) mass is 436 g/mol. The third-order valence-electron chi connectivity index (χ3n) is 6.76. The molecule has 1 aromatic carbocycles. The zero-order chi connectivity index (χ0) is 21.8. The lowest BCUT2D eigenvalue weighted by Crippen LogP contribution is -2.48. The second-order valence-corrected chi connectivity index (χ2v) is 9.26. The van der Waals surface area contributed by atoms with Crippen LogP contribution < -0.4 is 14.8 Å². The van der Waals surface area contributed by atoms with Crippen molar-refractivity contribution in [2.75, 3.05) is 39.5 Å². The fraction of sp³-hybridized carbons (Fsp3) is 0.520. The molecule has 1 amide bonds. The lowest BCUT2D eigenvalue weighted by atomic mass is 9.87. The number of benzene rings is 1. The summed E-state index contributed by atoms with van der Waals surface area (Å²) in [5.41, 5.74) is 2.28. The van der Waals surface area contributed by atoms with Crippen LogP contribution in [0.4, 0.5) is 0 Å². The van der Waals surface area contributed by atoms with Gasteiger partial charge in [0.15, 0.2) is 11.5 Å². The molecular formula is C25H32N4O3. The van der Waals surface area contributed by atoms with Gasteiger partial charge in [-0.15, -0.1) is 0 Å². The van der Waals surface area contributed by atoms with E-state index in [0.29, 0.717) is 12.5 Å². The van der Waals surface area contributed by atoms with E-state index in [2.05, 4.69) is 32.2 Å². The maximum atomic E-state index is 13.2. The fourth-order valence-electron chi connectivity index (χ4n) is 5.22. The lowest BCUT2D eigenvalue weighted by Gasteiger charge is -2.38. The van der Waals surface area contributed by atoms with E-state index in [9.17, 15) is 4.79 Å². The summed E-state index contributed by atoms with van der Waals surface area (Å²) in [5.74, 6) is 2.19. The van der Waals surface area contributed by atoms with Gasteiger partial charge in [-0.3, -0.25) is 14.7 Å². The van der Waals surface area contributed by atoms with Crippen molar-refractivity contribution in [1.82, 2.24) is 20.1 Å². The number of aromatic nitrogens is 1. The third-order valence-corrected chi connectivity index (χ3v) is 6.76.